The van der Waals surface area contributed by atoms with Crippen molar-refractivity contribution >= 4 is 11.8 Å². The van der Waals surface area contributed by atoms with E-state index in [4.69, 9.17) is 9.84 Å². The van der Waals surface area contributed by atoms with Gasteiger partial charge in [-0.25, -0.2) is 4.79 Å². The van der Waals surface area contributed by atoms with Crippen molar-refractivity contribution in [3.63, 3.8) is 0 Å². The maximum absolute atomic E-state index is 12.7. The highest BCUT2D eigenvalue weighted by atomic mass is 16.5. The molecule has 5 atom stereocenters. The summed E-state index contributed by atoms with van der Waals surface area (Å²) in [4.78, 5) is 23.2. The number of carboxylic acids is 1. The minimum Gasteiger partial charge on any atom is -0.480 e. The Hall–Kier alpha value is -1.38. The smallest absolute Gasteiger partial charge is 0.329 e. The third-order valence-corrected chi connectivity index (χ3v) is 6.14. The molecule has 1 unspecified atom stereocenters. The number of carbonyl (C=O) groups is 2. The number of Topliss-reactive ketones (excluding diaryl/α,β-unsaturated/α-hetero) is 1. The fraction of sp³-hybridized carbons (Fsp3) is 0.810. The van der Waals surface area contributed by atoms with Gasteiger partial charge in [0, 0.05) is 25.4 Å². The molecule has 5 nitrogen and oxygen atoms in total. The molecule has 0 amide bonds. The Kier molecular flexibility index (Phi) is 7.67. The SMILES string of the molecule is CC#CCC(C)CCC(=O)[C@@H]1CC[C@H]2C[C@@H](CCOCC(=O)O)C[C@]21O. The van der Waals surface area contributed by atoms with Gasteiger partial charge in [-0.1, -0.05) is 6.92 Å². The van der Waals surface area contributed by atoms with E-state index >= 15 is 0 Å². The number of ketones is 1. The Bertz CT molecular complexity index is 560. The first-order valence-corrected chi connectivity index (χ1v) is 9.81. The van der Waals surface area contributed by atoms with Crippen molar-refractivity contribution in [2.24, 2.45) is 23.7 Å². The summed E-state index contributed by atoms with van der Waals surface area (Å²) in [6.45, 7) is 4.07. The molecule has 2 N–H and O–H groups in total. The third-order valence-electron chi connectivity index (χ3n) is 6.14. The normalized spacial score (nSPS) is 31.1. The van der Waals surface area contributed by atoms with Gasteiger partial charge in [-0.3, -0.25) is 4.79 Å². The van der Waals surface area contributed by atoms with Gasteiger partial charge in [-0.05, 0) is 63.2 Å². The Morgan fingerprint density at radius 1 is 1.35 bits per heavy atom. The summed E-state index contributed by atoms with van der Waals surface area (Å²) in [5.74, 6) is 5.88. The van der Waals surface area contributed by atoms with Crippen molar-refractivity contribution < 1.29 is 24.5 Å². The molecule has 2 rings (SSSR count). The lowest BCUT2D eigenvalue weighted by Crippen LogP contribution is -2.40. The number of aliphatic carboxylic acids is 1. The van der Waals surface area contributed by atoms with E-state index in [1.54, 1.807) is 0 Å². The summed E-state index contributed by atoms with van der Waals surface area (Å²) in [5.41, 5.74) is -0.860. The zero-order chi connectivity index (χ0) is 19.2. The number of aliphatic hydroxyl groups is 1. The molecule has 0 bridgehead atoms. The van der Waals surface area contributed by atoms with Crippen LogP contribution < -0.4 is 0 Å². The number of hydrogen-bond acceptors (Lipinski definition) is 4. The molecular formula is C21H32O5. The van der Waals surface area contributed by atoms with Gasteiger partial charge in [-0.2, -0.15) is 0 Å². The van der Waals surface area contributed by atoms with Crippen LogP contribution >= 0.6 is 0 Å². The first-order chi connectivity index (χ1) is 12.4. The van der Waals surface area contributed by atoms with Crippen LogP contribution in [0.25, 0.3) is 0 Å². The summed E-state index contributed by atoms with van der Waals surface area (Å²) in [5, 5.41) is 19.8. The molecule has 146 valence electrons. The van der Waals surface area contributed by atoms with E-state index < -0.39 is 11.6 Å². The molecule has 0 aromatic carbocycles. The topological polar surface area (TPSA) is 83.8 Å². The Morgan fingerprint density at radius 2 is 2.12 bits per heavy atom. The highest BCUT2D eigenvalue weighted by Gasteiger charge is 2.56. The molecule has 2 saturated carbocycles. The fourth-order valence-corrected chi connectivity index (χ4v) is 4.74. The zero-order valence-electron chi connectivity index (χ0n) is 16.0. The van der Waals surface area contributed by atoms with Gasteiger partial charge in [0.1, 0.15) is 12.4 Å². The van der Waals surface area contributed by atoms with Crippen LogP contribution in [0.3, 0.4) is 0 Å². The lowest BCUT2D eigenvalue weighted by Gasteiger charge is -2.29. The van der Waals surface area contributed by atoms with E-state index in [1.165, 1.54) is 0 Å². The molecule has 0 radical (unpaired) electrons. The van der Waals surface area contributed by atoms with E-state index in [9.17, 15) is 14.7 Å². The number of hydrogen-bond donors (Lipinski definition) is 2. The van der Waals surface area contributed by atoms with E-state index in [0.717, 1.165) is 38.5 Å². The summed E-state index contributed by atoms with van der Waals surface area (Å²) < 4.78 is 5.12. The van der Waals surface area contributed by atoms with Crippen LogP contribution in [0.15, 0.2) is 0 Å². The Balaban J connectivity index is 1.81. The van der Waals surface area contributed by atoms with Crippen LogP contribution in [0.4, 0.5) is 0 Å². The zero-order valence-corrected chi connectivity index (χ0v) is 16.0. The molecule has 0 aromatic rings. The van der Waals surface area contributed by atoms with E-state index in [2.05, 4.69) is 18.8 Å². The molecule has 0 saturated heterocycles. The average Bonchev–Trinajstić information content (AvgIpc) is 3.07. The van der Waals surface area contributed by atoms with Gasteiger partial charge in [-0.15, -0.1) is 11.8 Å². The van der Waals surface area contributed by atoms with Crippen molar-refractivity contribution in [3.8, 4) is 11.8 Å². The number of fused-ring (bicyclic) bond motifs is 1. The summed E-state index contributed by atoms with van der Waals surface area (Å²) >= 11 is 0. The van der Waals surface area contributed by atoms with Crippen molar-refractivity contribution in [1.29, 1.82) is 0 Å². The van der Waals surface area contributed by atoms with Crippen molar-refractivity contribution in [2.75, 3.05) is 13.2 Å². The second-order valence-corrected chi connectivity index (χ2v) is 8.10. The Labute approximate surface area is 156 Å². The van der Waals surface area contributed by atoms with Gasteiger partial charge in [0.15, 0.2) is 0 Å². The van der Waals surface area contributed by atoms with Crippen molar-refractivity contribution in [2.45, 2.75) is 70.8 Å². The maximum Gasteiger partial charge on any atom is 0.329 e. The second-order valence-electron chi connectivity index (χ2n) is 8.10. The standard InChI is InChI=1S/C21H32O5/c1-3-4-5-15(2)6-9-19(22)18-8-7-17-12-16(13-21(17,18)25)10-11-26-14-20(23)24/h15-18,25H,5-14H2,1-2H3,(H,23,24)/t15?,16-,17+,18+,21+/m1/s1. The van der Waals surface area contributed by atoms with Crippen LogP contribution in [0.5, 0.6) is 0 Å². The number of rotatable bonds is 10. The molecule has 2 aliphatic rings. The summed E-state index contributed by atoms with van der Waals surface area (Å²) in [6, 6.07) is 0. The fourth-order valence-electron chi connectivity index (χ4n) is 4.74. The molecule has 0 aromatic heterocycles. The lowest BCUT2D eigenvalue weighted by molar-refractivity contribution is -0.142. The monoisotopic (exact) mass is 364 g/mol. The first-order valence-electron chi connectivity index (χ1n) is 9.81. The second kappa shape index (κ2) is 9.53. The van der Waals surface area contributed by atoms with Crippen LogP contribution in [0.2, 0.25) is 0 Å². The molecule has 26 heavy (non-hydrogen) atoms. The predicted molar refractivity (Wildman–Crippen MR) is 98.4 cm³/mol. The van der Waals surface area contributed by atoms with E-state index in [0.29, 0.717) is 31.3 Å². The summed E-state index contributed by atoms with van der Waals surface area (Å²) in [7, 11) is 0. The van der Waals surface area contributed by atoms with E-state index in [1.807, 2.05) is 6.92 Å². The summed E-state index contributed by atoms with van der Waals surface area (Å²) in [6.07, 6.45) is 6.19. The van der Waals surface area contributed by atoms with Crippen molar-refractivity contribution in [3.05, 3.63) is 0 Å². The molecule has 0 spiro atoms. The van der Waals surface area contributed by atoms with Gasteiger partial charge in [0.2, 0.25) is 0 Å². The molecule has 2 fully saturated rings. The minimum absolute atomic E-state index is 0.198. The highest BCUT2D eigenvalue weighted by Crippen LogP contribution is 2.54. The average molecular weight is 364 g/mol. The van der Waals surface area contributed by atoms with Gasteiger partial charge >= 0.3 is 5.97 Å². The van der Waals surface area contributed by atoms with E-state index in [-0.39, 0.29) is 24.2 Å². The highest BCUT2D eigenvalue weighted by molar-refractivity contribution is 5.82. The number of ether oxygens (including phenoxy) is 1. The molecular weight excluding hydrogens is 332 g/mol. The molecule has 0 heterocycles. The first kappa shape index (κ1) is 20.9. The number of carboxylic acid groups (broad SMARTS) is 1. The van der Waals surface area contributed by atoms with Gasteiger partial charge < -0.3 is 14.9 Å². The lowest BCUT2D eigenvalue weighted by atomic mass is 9.81. The third kappa shape index (κ3) is 5.31. The van der Waals surface area contributed by atoms with Gasteiger partial charge in [0.25, 0.3) is 0 Å². The molecule has 0 aliphatic heterocycles. The quantitative estimate of drug-likeness (QED) is 0.460. The van der Waals surface area contributed by atoms with Crippen LogP contribution in [-0.2, 0) is 14.3 Å². The maximum atomic E-state index is 12.7. The minimum atomic E-state index is -0.961. The largest absolute Gasteiger partial charge is 0.480 e. The van der Waals surface area contributed by atoms with Crippen molar-refractivity contribution in [1.82, 2.24) is 0 Å². The van der Waals surface area contributed by atoms with Crippen LogP contribution in [-0.4, -0.2) is 40.8 Å². The number of carbonyl (C=O) groups excluding carboxylic acids is 1. The predicted octanol–water partition coefficient (Wildman–Crippen LogP) is 3.04. The van der Waals surface area contributed by atoms with Crippen LogP contribution in [0, 0.1) is 35.5 Å². The molecule has 2 aliphatic carbocycles. The Morgan fingerprint density at radius 3 is 2.81 bits per heavy atom. The van der Waals surface area contributed by atoms with Gasteiger partial charge in [0.05, 0.1) is 5.60 Å². The molecule has 5 heteroatoms. The van der Waals surface area contributed by atoms with Crippen LogP contribution in [0.1, 0.15) is 65.2 Å².